The van der Waals surface area contributed by atoms with Gasteiger partial charge in [0.15, 0.2) is 0 Å². The SMILES string of the molecule is C#CCN1CCCc2cc(C(C)NCC)ccc21. The maximum Gasteiger partial charge on any atom is 0.0791 e. The second-order valence-corrected chi connectivity index (χ2v) is 4.90. The van der Waals surface area contributed by atoms with E-state index in [1.165, 1.54) is 29.7 Å². The Kier molecular flexibility index (Phi) is 4.28. The molecule has 18 heavy (non-hydrogen) atoms. The standard InChI is InChI=1S/C16H22N2/c1-4-10-18-11-6-7-15-12-14(8-9-16(15)18)13(3)17-5-2/h1,8-9,12-13,17H,5-7,10-11H2,2-3H3. The summed E-state index contributed by atoms with van der Waals surface area (Å²) in [6, 6.07) is 7.21. The van der Waals surface area contributed by atoms with Crippen molar-refractivity contribution in [3.8, 4) is 12.3 Å². The van der Waals surface area contributed by atoms with Crippen molar-refractivity contribution in [3.05, 3.63) is 29.3 Å². The number of anilines is 1. The Morgan fingerprint density at radius 2 is 2.33 bits per heavy atom. The van der Waals surface area contributed by atoms with E-state index in [1.54, 1.807) is 0 Å². The Morgan fingerprint density at radius 1 is 1.50 bits per heavy atom. The molecule has 0 saturated carbocycles. The summed E-state index contributed by atoms with van der Waals surface area (Å²) < 4.78 is 0. The summed E-state index contributed by atoms with van der Waals surface area (Å²) in [5.41, 5.74) is 4.14. The largest absolute Gasteiger partial charge is 0.360 e. The van der Waals surface area contributed by atoms with Crippen molar-refractivity contribution in [1.29, 1.82) is 0 Å². The molecule has 0 fully saturated rings. The first-order valence-corrected chi connectivity index (χ1v) is 6.81. The van der Waals surface area contributed by atoms with Crippen LogP contribution in [0.4, 0.5) is 5.69 Å². The van der Waals surface area contributed by atoms with Crippen molar-refractivity contribution in [1.82, 2.24) is 5.32 Å². The third-order valence-corrected chi connectivity index (χ3v) is 3.61. The molecular formula is C16H22N2. The number of nitrogens with zero attached hydrogens (tertiary/aromatic N) is 1. The summed E-state index contributed by atoms with van der Waals surface area (Å²) in [4.78, 5) is 2.31. The highest BCUT2D eigenvalue weighted by molar-refractivity contribution is 5.57. The summed E-state index contributed by atoms with van der Waals surface area (Å²) in [5, 5.41) is 3.46. The van der Waals surface area contributed by atoms with Gasteiger partial charge in [-0.2, -0.15) is 0 Å². The molecule has 0 spiro atoms. The monoisotopic (exact) mass is 242 g/mol. The van der Waals surface area contributed by atoms with Crippen LogP contribution >= 0.6 is 0 Å². The van der Waals surface area contributed by atoms with Crippen LogP contribution in [0.2, 0.25) is 0 Å². The quantitative estimate of drug-likeness (QED) is 0.817. The molecule has 1 aromatic carbocycles. The van der Waals surface area contributed by atoms with Crippen molar-refractivity contribution in [3.63, 3.8) is 0 Å². The third-order valence-electron chi connectivity index (χ3n) is 3.61. The molecule has 1 atom stereocenters. The Bertz CT molecular complexity index is 445. The molecular weight excluding hydrogens is 220 g/mol. The van der Waals surface area contributed by atoms with Crippen LogP contribution < -0.4 is 10.2 Å². The summed E-state index contributed by atoms with van der Waals surface area (Å²) in [6.45, 7) is 7.16. The number of fused-ring (bicyclic) bond motifs is 1. The Hall–Kier alpha value is -1.46. The van der Waals surface area contributed by atoms with E-state index in [2.05, 4.69) is 48.2 Å². The van der Waals surface area contributed by atoms with Crippen molar-refractivity contribution in [2.75, 3.05) is 24.5 Å². The van der Waals surface area contributed by atoms with Gasteiger partial charge in [0.05, 0.1) is 6.54 Å². The van der Waals surface area contributed by atoms with E-state index >= 15 is 0 Å². The fraction of sp³-hybridized carbons (Fsp3) is 0.500. The van der Waals surface area contributed by atoms with Crippen LogP contribution in [0.5, 0.6) is 0 Å². The van der Waals surface area contributed by atoms with Gasteiger partial charge >= 0.3 is 0 Å². The van der Waals surface area contributed by atoms with Crippen LogP contribution in [0.3, 0.4) is 0 Å². The number of hydrogen-bond acceptors (Lipinski definition) is 2. The van der Waals surface area contributed by atoms with Gasteiger partial charge in [0.1, 0.15) is 0 Å². The second-order valence-electron chi connectivity index (χ2n) is 4.90. The highest BCUT2D eigenvalue weighted by Crippen LogP contribution is 2.29. The number of aryl methyl sites for hydroxylation is 1. The molecule has 2 rings (SSSR count). The van der Waals surface area contributed by atoms with Gasteiger partial charge in [-0.15, -0.1) is 6.42 Å². The fourth-order valence-electron chi connectivity index (χ4n) is 2.66. The Labute approximate surface area is 110 Å². The van der Waals surface area contributed by atoms with Crippen molar-refractivity contribution >= 4 is 5.69 Å². The topological polar surface area (TPSA) is 15.3 Å². The van der Waals surface area contributed by atoms with Gasteiger partial charge in [-0.3, -0.25) is 0 Å². The summed E-state index contributed by atoms with van der Waals surface area (Å²) in [7, 11) is 0. The average molecular weight is 242 g/mol. The van der Waals surface area contributed by atoms with Crippen LogP contribution in [0, 0.1) is 12.3 Å². The molecule has 0 aliphatic carbocycles. The number of terminal acetylenes is 1. The fourth-order valence-corrected chi connectivity index (χ4v) is 2.66. The first-order chi connectivity index (χ1) is 8.76. The zero-order chi connectivity index (χ0) is 13.0. The second kappa shape index (κ2) is 5.93. The van der Waals surface area contributed by atoms with E-state index in [4.69, 9.17) is 6.42 Å². The van der Waals surface area contributed by atoms with Crippen LogP contribution in [0.25, 0.3) is 0 Å². The van der Waals surface area contributed by atoms with Crippen LogP contribution in [-0.4, -0.2) is 19.6 Å². The lowest BCUT2D eigenvalue weighted by Crippen LogP contribution is -2.29. The van der Waals surface area contributed by atoms with Gasteiger partial charge in [0.25, 0.3) is 0 Å². The number of nitrogens with one attached hydrogen (secondary N) is 1. The van der Waals surface area contributed by atoms with Gasteiger partial charge < -0.3 is 10.2 Å². The van der Waals surface area contributed by atoms with Gasteiger partial charge in [-0.05, 0) is 43.5 Å². The van der Waals surface area contributed by atoms with E-state index in [0.717, 1.165) is 19.6 Å². The van der Waals surface area contributed by atoms with E-state index in [-0.39, 0.29) is 0 Å². The van der Waals surface area contributed by atoms with Gasteiger partial charge in [0, 0.05) is 18.3 Å². The minimum Gasteiger partial charge on any atom is -0.360 e. The van der Waals surface area contributed by atoms with E-state index in [0.29, 0.717) is 6.04 Å². The molecule has 1 aromatic rings. The minimum atomic E-state index is 0.420. The Balaban J connectivity index is 2.24. The molecule has 1 unspecified atom stereocenters. The molecule has 0 amide bonds. The molecule has 0 saturated heterocycles. The summed E-state index contributed by atoms with van der Waals surface area (Å²) in [5.74, 6) is 2.75. The van der Waals surface area contributed by atoms with E-state index in [9.17, 15) is 0 Å². The molecule has 2 nitrogen and oxygen atoms in total. The molecule has 96 valence electrons. The average Bonchev–Trinajstić information content (AvgIpc) is 2.39. The number of hydrogen-bond donors (Lipinski definition) is 1. The molecule has 1 aliphatic heterocycles. The highest BCUT2D eigenvalue weighted by atomic mass is 15.1. The smallest absolute Gasteiger partial charge is 0.0791 e. The van der Waals surface area contributed by atoms with E-state index < -0.39 is 0 Å². The van der Waals surface area contributed by atoms with Crippen molar-refractivity contribution in [2.45, 2.75) is 32.7 Å². The molecule has 0 bridgehead atoms. The van der Waals surface area contributed by atoms with Crippen LogP contribution in [0.15, 0.2) is 18.2 Å². The zero-order valence-corrected chi connectivity index (χ0v) is 11.4. The zero-order valence-electron chi connectivity index (χ0n) is 11.4. The molecule has 2 heteroatoms. The molecule has 0 radical (unpaired) electrons. The molecule has 1 heterocycles. The number of benzene rings is 1. The molecule has 1 N–H and O–H groups in total. The van der Waals surface area contributed by atoms with Crippen LogP contribution in [0.1, 0.15) is 37.4 Å². The summed E-state index contributed by atoms with van der Waals surface area (Å²) in [6.07, 6.45) is 7.80. The maximum absolute atomic E-state index is 5.43. The molecule has 1 aliphatic rings. The van der Waals surface area contributed by atoms with E-state index in [1.807, 2.05) is 0 Å². The van der Waals surface area contributed by atoms with Gasteiger partial charge in [0.2, 0.25) is 0 Å². The lowest BCUT2D eigenvalue weighted by Gasteiger charge is -2.30. The first-order valence-electron chi connectivity index (χ1n) is 6.81. The summed E-state index contributed by atoms with van der Waals surface area (Å²) >= 11 is 0. The minimum absolute atomic E-state index is 0.420. The lowest BCUT2D eigenvalue weighted by atomic mass is 9.97. The predicted molar refractivity (Wildman–Crippen MR) is 77.9 cm³/mol. The predicted octanol–water partition coefficient (Wildman–Crippen LogP) is 2.74. The van der Waals surface area contributed by atoms with Gasteiger partial charge in [-0.25, -0.2) is 0 Å². The normalized spacial score (nSPS) is 15.9. The van der Waals surface area contributed by atoms with Crippen molar-refractivity contribution in [2.24, 2.45) is 0 Å². The first kappa shape index (κ1) is 13.0. The maximum atomic E-state index is 5.43. The van der Waals surface area contributed by atoms with Gasteiger partial charge in [-0.1, -0.05) is 25.0 Å². The lowest BCUT2D eigenvalue weighted by molar-refractivity contribution is 0.596. The van der Waals surface area contributed by atoms with Crippen LogP contribution in [-0.2, 0) is 6.42 Å². The Morgan fingerprint density at radius 3 is 3.06 bits per heavy atom. The highest BCUT2D eigenvalue weighted by Gasteiger charge is 2.17. The number of rotatable bonds is 4. The van der Waals surface area contributed by atoms with Crippen molar-refractivity contribution < 1.29 is 0 Å². The third kappa shape index (κ3) is 2.68. The molecule has 0 aromatic heterocycles.